The SMILES string of the molecule is CCOC(=O)C(=O)c1c(Cl)c(F)cc(OC)c1OC. The van der Waals surface area contributed by atoms with Gasteiger partial charge in [-0.2, -0.15) is 0 Å². The summed E-state index contributed by atoms with van der Waals surface area (Å²) in [5, 5.41) is -0.518. The van der Waals surface area contributed by atoms with Crippen LogP contribution in [0.5, 0.6) is 11.5 Å². The second kappa shape index (κ2) is 6.38. The van der Waals surface area contributed by atoms with Crippen molar-refractivity contribution < 1.29 is 28.2 Å². The molecule has 104 valence electrons. The lowest BCUT2D eigenvalue weighted by molar-refractivity contribution is -0.137. The van der Waals surface area contributed by atoms with E-state index in [-0.39, 0.29) is 18.1 Å². The Morgan fingerprint density at radius 1 is 1.32 bits per heavy atom. The van der Waals surface area contributed by atoms with Crippen molar-refractivity contribution in [3.8, 4) is 11.5 Å². The Morgan fingerprint density at radius 3 is 2.42 bits per heavy atom. The van der Waals surface area contributed by atoms with Gasteiger partial charge in [0, 0.05) is 6.07 Å². The Bertz CT molecular complexity index is 515. The number of halogens is 2. The summed E-state index contributed by atoms with van der Waals surface area (Å²) in [6.07, 6.45) is 0. The van der Waals surface area contributed by atoms with Gasteiger partial charge in [0.1, 0.15) is 5.82 Å². The number of benzene rings is 1. The minimum absolute atomic E-state index is 0.0109. The van der Waals surface area contributed by atoms with Gasteiger partial charge in [-0.25, -0.2) is 9.18 Å². The molecule has 0 amide bonds. The van der Waals surface area contributed by atoms with E-state index < -0.39 is 28.2 Å². The third-order valence-electron chi connectivity index (χ3n) is 2.25. The van der Waals surface area contributed by atoms with E-state index in [1.165, 1.54) is 21.1 Å². The number of hydrogen-bond acceptors (Lipinski definition) is 5. The molecule has 1 rings (SSSR count). The fourth-order valence-electron chi connectivity index (χ4n) is 1.44. The minimum atomic E-state index is -1.14. The fourth-order valence-corrected chi connectivity index (χ4v) is 1.67. The lowest BCUT2D eigenvalue weighted by atomic mass is 10.1. The van der Waals surface area contributed by atoms with E-state index in [1.54, 1.807) is 0 Å². The number of rotatable bonds is 5. The Hall–Kier alpha value is -1.82. The van der Waals surface area contributed by atoms with Crippen molar-refractivity contribution in [1.29, 1.82) is 0 Å². The van der Waals surface area contributed by atoms with Crippen molar-refractivity contribution in [2.24, 2.45) is 0 Å². The lowest BCUT2D eigenvalue weighted by Crippen LogP contribution is -2.19. The maximum absolute atomic E-state index is 13.6. The highest BCUT2D eigenvalue weighted by Crippen LogP contribution is 2.38. The summed E-state index contributed by atoms with van der Waals surface area (Å²) in [5.41, 5.74) is -0.417. The average molecular weight is 291 g/mol. The second-order valence-corrected chi connectivity index (χ2v) is 3.71. The van der Waals surface area contributed by atoms with Crippen LogP contribution >= 0.6 is 11.6 Å². The molecule has 0 aliphatic carbocycles. The van der Waals surface area contributed by atoms with Crippen LogP contribution in [0.2, 0.25) is 5.02 Å². The third-order valence-corrected chi connectivity index (χ3v) is 2.62. The first-order valence-corrected chi connectivity index (χ1v) is 5.67. The first-order chi connectivity index (χ1) is 8.97. The van der Waals surface area contributed by atoms with Gasteiger partial charge in [-0.15, -0.1) is 0 Å². The van der Waals surface area contributed by atoms with Crippen LogP contribution < -0.4 is 9.47 Å². The Morgan fingerprint density at radius 2 is 1.95 bits per heavy atom. The van der Waals surface area contributed by atoms with Crippen molar-refractivity contribution in [1.82, 2.24) is 0 Å². The van der Waals surface area contributed by atoms with E-state index in [9.17, 15) is 14.0 Å². The molecule has 0 aromatic heterocycles. The van der Waals surface area contributed by atoms with Gasteiger partial charge in [0.15, 0.2) is 11.5 Å². The molecule has 1 aromatic carbocycles. The Balaban J connectivity index is 3.43. The van der Waals surface area contributed by atoms with Gasteiger partial charge < -0.3 is 14.2 Å². The lowest BCUT2D eigenvalue weighted by Gasteiger charge is -2.13. The second-order valence-electron chi connectivity index (χ2n) is 3.33. The minimum Gasteiger partial charge on any atom is -0.493 e. The number of ketones is 1. The number of ether oxygens (including phenoxy) is 3. The number of hydrogen-bond donors (Lipinski definition) is 0. The zero-order valence-corrected chi connectivity index (χ0v) is 11.3. The van der Waals surface area contributed by atoms with E-state index in [0.717, 1.165) is 6.07 Å². The molecule has 0 aliphatic heterocycles. The highest BCUT2D eigenvalue weighted by Gasteiger charge is 2.29. The topological polar surface area (TPSA) is 61.8 Å². The maximum Gasteiger partial charge on any atom is 0.379 e. The van der Waals surface area contributed by atoms with Gasteiger partial charge >= 0.3 is 5.97 Å². The first-order valence-electron chi connectivity index (χ1n) is 5.29. The monoisotopic (exact) mass is 290 g/mol. The first kappa shape index (κ1) is 15.2. The van der Waals surface area contributed by atoms with Gasteiger partial charge in [-0.3, -0.25) is 4.79 Å². The van der Waals surface area contributed by atoms with Crippen molar-refractivity contribution in [2.45, 2.75) is 6.92 Å². The average Bonchev–Trinajstić information content (AvgIpc) is 2.40. The third kappa shape index (κ3) is 2.96. The summed E-state index contributed by atoms with van der Waals surface area (Å²) in [6, 6.07) is 0.961. The highest BCUT2D eigenvalue weighted by molar-refractivity contribution is 6.46. The van der Waals surface area contributed by atoms with E-state index in [1.807, 2.05) is 0 Å². The molecule has 0 bridgehead atoms. The smallest absolute Gasteiger partial charge is 0.379 e. The Labute approximate surface area is 114 Å². The molecule has 0 fully saturated rings. The van der Waals surface area contributed by atoms with Crippen LogP contribution in [0.4, 0.5) is 4.39 Å². The van der Waals surface area contributed by atoms with Crippen molar-refractivity contribution in [3.63, 3.8) is 0 Å². The molecule has 19 heavy (non-hydrogen) atoms. The van der Waals surface area contributed by atoms with Crippen LogP contribution in [-0.2, 0) is 9.53 Å². The van der Waals surface area contributed by atoms with Gasteiger partial charge in [-0.05, 0) is 6.92 Å². The molecule has 0 saturated carbocycles. The molecule has 0 aliphatic rings. The molecule has 0 spiro atoms. The normalized spacial score (nSPS) is 9.95. The van der Waals surface area contributed by atoms with E-state index in [2.05, 4.69) is 4.74 Å². The van der Waals surface area contributed by atoms with Crippen LogP contribution in [0.3, 0.4) is 0 Å². The maximum atomic E-state index is 13.6. The predicted molar refractivity (Wildman–Crippen MR) is 65.5 cm³/mol. The molecular weight excluding hydrogens is 279 g/mol. The molecule has 0 atom stereocenters. The van der Waals surface area contributed by atoms with Crippen molar-refractivity contribution in [3.05, 3.63) is 22.5 Å². The number of esters is 1. The number of Topliss-reactive ketones (excluding diaryl/α,β-unsaturated/α-hetero) is 1. The molecule has 0 heterocycles. The predicted octanol–water partition coefficient (Wildman–Crippen LogP) is 2.24. The molecule has 7 heteroatoms. The quantitative estimate of drug-likeness (QED) is 0.473. The standard InChI is InChI=1S/C12H12ClFO5/c1-4-19-12(16)10(15)8-9(13)6(14)5-7(17-2)11(8)18-3/h5H,4H2,1-3H3. The van der Waals surface area contributed by atoms with Crippen LogP contribution in [0.1, 0.15) is 17.3 Å². The van der Waals surface area contributed by atoms with Crippen molar-refractivity contribution >= 4 is 23.4 Å². The summed E-state index contributed by atoms with van der Waals surface area (Å²) in [5.74, 6) is -3.30. The van der Waals surface area contributed by atoms with Gasteiger partial charge in [0.2, 0.25) is 0 Å². The summed E-state index contributed by atoms with van der Waals surface area (Å²) in [6.45, 7) is 1.55. The van der Waals surface area contributed by atoms with Crippen LogP contribution in [0.25, 0.3) is 0 Å². The van der Waals surface area contributed by atoms with Crippen LogP contribution in [0, 0.1) is 5.82 Å². The summed E-state index contributed by atoms with van der Waals surface area (Å²) in [4.78, 5) is 23.3. The highest BCUT2D eigenvalue weighted by atomic mass is 35.5. The molecule has 0 saturated heterocycles. The molecular formula is C12H12ClFO5. The van der Waals surface area contributed by atoms with Crippen LogP contribution in [0.15, 0.2) is 6.07 Å². The zero-order valence-electron chi connectivity index (χ0n) is 10.6. The summed E-state index contributed by atoms with van der Waals surface area (Å²) < 4.78 is 28.0. The fraction of sp³-hybridized carbons (Fsp3) is 0.333. The molecule has 1 aromatic rings. The molecule has 0 radical (unpaired) electrons. The van der Waals surface area contributed by atoms with E-state index >= 15 is 0 Å². The number of methoxy groups -OCH3 is 2. The molecule has 0 unspecified atom stereocenters. The van der Waals surface area contributed by atoms with Gasteiger partial charge in [0.05, 0.1) is 31.4 Å². The van der Waals surface area contributed by atoms with Crippen LogP contribution in [-0.4, -0.2) is 32.6 Å². The zero-order chi connectivity index (χ0) is 14.6. The number of carbonyl (C=O) groups excluding carboxylic acids is 2. The van der Waals surface area contributed by atoms with Gasteiger partial charge in [-0.1, -0.05) is 11.6 Å². The van der Waals surface area contributed by atoms with E-state index in [4.69, 9.17) is 21.1 Å². The summed E-state index contributed by atoms with van der Waals surface area (Å²) >= 11 is 5.71. The molecule has 5 nitrogen and oxygen atoms in total. The van der Waals surface area contributed by atoms with Gasteiger partial charge in [0.25, 0.3) is 5.78 Å². The van der Waals surface area contributed by atoms with Crippen molar-refractivity contribution in [2.75, 3.05) is 20.8 Å². The summed E-state index contributed by atoms with van der Waals surface area (Å²) in [7, 11) is 2.51. The number of carbonyl (C=O) groups is 2. The van der Waals surface area contributed by atoms with E-state index in [0.29, 0.717) is 0 Å². The molecule has 0 N–H and O–H groups in total. The Kier molecular flexibility index (Phi) is 5.11. The largest absolute Gasteiger partial charge is 0.493 e.